The van der Waals surface area contributed by atoms with Crippen molar-refractivity contribution in [2.24, 2.45) is 22.2 Å². The fourth-order valence-corrected chi connectivity index (χ4v) is 5.72. The molecule has 5 rings (SSSR count). The molecule has 1 aliphatic heterocycles. The van der Waals surface area contributed by atoms with E-state index in [0.717, 1.165) is 11.3 Å². The Morgan fingerprint density at radius 1 is 1.16 bits per heavy atom. The third-order valence-corrected chi connectivity index (χ3v) is 7.36. The molecule has 0 amide bonds. The first-order valence-corrected chi connectivity index (χ1v) is 11.2. The lowest BCUT2D eigenvalue weighted by molar-refractivity contribution is -0.158. The van der Waals surface area contributed by atoms with Crippen LogP contribution in [0.25, 0.3) is 0 Å². The monoisotopic (exact) mass is 457 g/mol. The second-order valence-electron chi connectivity index (χ2n) is 8.25. The molecule has 8 nitrogen and oxygen atoms in total. The van der Waals surface area contributed by atoms with Crippen LogP contribution in [0.15, 0.2) is 46.8 Å². The summed E-state index contributed by atoms with van der Waals surface area (Å²) in [5.74, 6) is -3.34. The van der Waals surface area contributed by atoms with Crippen LogP contribution in [0.2, 0.25) is 0 Å². The number of aliphatic hydroxyl groups is 1. The van der Waals surface area contributed by atoms with E-state index < -0.39 is 35.3 Å². The summed E-state index contributed by atoms with van der Waals surface area (Å²) in [5.41, 5.74) is -0.243. The Hall–Kier alpha value is -3.04. The Morgan fingerprint density at radius 3 is 2.62 bits per heavy atom. The molecule has 3 N–H and O–H groups in total. The zero-order chi connectivity index (χ0) is 22.9. The van der Waals surface area contributed by atoms with Crippen molar-refractivity contribution in [2.75, 3.05) is 0 Å². The molecule has 168 valence electrons. The van der Waals surface area contributed by atoms with Gasteiger partial charge in [0.1, 0.15) is 6.10 Å². The van der Waals surface area contributed by atoms with Crippen LogP contribution in [-0.2, 0) is 14.3 Å². The summed E-state index contributed by atoms with van der Waals surface area (Å²) in [6, 6.07) is 10.5. The minimum absolute atomic E-state index is 0.129. The summed E-state index contributed by atoms with van der Waals surface area (Å²) < 4.78 is 5.21. The van der Waals surface area contributed by atoms with E-state index in [-0.39, 0.29) is 24.0 Å². The molecule has 0 radical (unpaired) electrons. The van der Waals surface area contributed by atoms with Crippen molar-refractivity contribution in [3.05, 3.63) is 52.2 Å². The molecule has 2 heterocycles. The average molecular weight is 458 g/mol. The normalized spacial score (nSPS) is 30.3. The molecule has 2 bridgehead atoms. The van der Waals surface area contributed by atoms with E-state index in [1.165, 1.54) is 0 Å². The number of rotatable bonds is 4. The number of benzene rings is 1. The molecular formula is C23H23NO7S. The number of nitrogens with zero attached hydrogens (tertiary/aromatic N) is 1. The number of carboxylic acid groups (broad SMARTS) is 2. The minimum Gasteiger partial charge on any atom is -0.481 e. The zero-order valence-corrected chi connectivity index (χ0v) is 17.9. The van der Waals surface area contributed by atoms with Crippen LogP contribution in [-0.4, -0.2) is 51.7 Å². The predicted molar refractivity (Wildman–Crippen MR) is 116 cm³/mol. The number of carbonyl (C=O) groups excluding carboxylic acids is 1. The van der Waals surface area contributed by atoms with Gasteiger partial charge in [0.25, 0.3) is 0 Å². The molecule has 9 heteroatoms. The van der Waals surface area contributed by atoms with E-state index in [9.17, 15) is 24.6 Å². The predicted octanol–water partition coefficient (Wildman–Crippen LogP) is 3.36. The van der Waals surface area contributed by atoms with Crippen LogP contribution < -0.4 is 0 Å². The van der Waals surface area contributed by atoms with Gasteiger partial charge in [-0.3, -0.25) is 14.6 Å². The number of hydrogen-bond donors (Lipinski definition) is 3. The molecule has 2 saturated carbocycles. The summed E-state index contributed by atoms with van der Waals surface area (Å²) in [6.07, 6.45) is 2.98. The van der Waals surface area contributed by atoms with Crippen molar-refractivity contribution in [1.29, 1.82) is 0 Å². The number of aliphatic imine (C=N–C) groups is 1. The van der Waals surface area contributed by atoms with Crippen molar-refractivity contribution in [2.45, 2.75) is 37.9 Å². The van der Waals surface area contributed by atoms with Gasteiger partial charge in [0, 0.05) is 23.4 Å². The average Bonchev–Trinajstić information content (AvgIpc) is 3.45. The van der Waals surface area contributed by atoms with Crippen LogP contribution in [0.5, 0.6) is 0 Å². The zero-order valence-electron chi connectivity index (χ0n) is 17.1. The van der Waals surface area contributed by atoms with E-state index in [0.29, 0.717) is 18.5 Å². The van der Waals surface area contributed by atoms with Gasteiger partial charge in [-0.25, -0.2) is 4.79 Å². The van der Waals surface area contributed by atoms with Crippen LogP contribution >= 0.6 is 11.3 Å². The Balaban J connectivity index is 0.000000153. The lowest BCUT2D eigenvalue weighted by Gasteiger charge is -2.34. The summed E-state index contributed by atoms with van der Waals surface area (Å²) in [6.45, 7) is 0. The number of aliphatic hydroxyl groups excluding tert-OH is 1. The van der Waals surface area contributed by atoms with Crippen molar-refractivity contribution in [1.82, 2.24) is 0 Å². The molecular weight excluding hydrogens is 434 g/mol. The van der Waals surface area contributed by atoms with Gasteiger partial charge in [0.05, 0.1) is 28.7 Å². The van der Waals surface area contributed by atoms with Gasteiger partial charge in [-0.15, -0.1) is 11.3 Å². The number of thiophene rings is 1. The molecule has 5 atom stereocenters. The van der Waals surface area contributed by atoms with Gasteiger partial charge < -0.3 is 20.1 Å². The van der Waals surface area contributed by atoms with Crippen molar-refractivity contribution >= 4 is 41.1 Å². The van der Waals surface area contributed by atoms with Gasteiger partial charge in [-0.2, -0.15) is 0 Å². The number of hydrogen-bond acceptors (Lipinski definition) is 7. The molecule has 2 aromatic rings. The largest absolute Gasteiger partial charge is 0.481 e. The number of para-hydroxylation sites is 1. The van der Waals surface area contributed by atoms with Crippen LogP contribution in [0.4, 0.5) is 5.69 Å². The minimum atomic E-state index is -0.985. The first-order valence-electron chi connectivity index (χ1n) is 10.3. The summed E-state index contributed by atoms with van der Waals surface area (Å²) >= 11 is 1.56. The first-order chi connectivity index (χ1) is 15.3. The molecule has 2 aliphatic carbocycles. The molecule has 3 fully saturated rings. The Bertz CT molecular complexity index is 1050. The second kappa shape index (κ2) is 8.84. The topological polar surface area (TPSA) is 133 Å². The number of ether oxygens (including phenoxy) is 1. The number of aliphatic carboxylic acids is 1. The van der Waals surface area contributed by atoms with Gasteiger partial charge in [0.15, 0.2) is 0 Å². The fourth-order valence-electron chi connectivity index (χ4n) is 5.13. The molecule has 1 aromatic heterocycles. The van der Waals surface area contributed by atoms with Crippen molar-refractivity contribution in [3.8, 4) is 0 Å². The number of fused-ring (bicyclic) bond motifs is 1. The van der Waals surface area contributed by atoms with Crippen LogP contribution in [0, 0.1) is 17.3 Å². The number of carboxylic acids is 2. The van der Waals surface area contributed by atoms with Crippen LogP contribution in [0.1, 0.15) is 40.9 Å². The lowest BCUT2D eigenvalue weighted by Crippen LogP contribution is -2.43. The van der Waals surface area contributed by atoms with Gasteiger partial charge in [-0.05, 0) is 42.8 Å². The third-order valence-electron chi connectivity index (χ3n) is 6.55. The number of carbonyl (C=O) groups is 3. The van der Waals surface area contributed by atoms with Crippen molar-refractivity contribution in [3.63, 3.8) is 0 Å². The van der Waals surface area contributed by atoms with E-state index >= 15 is 0 Å². The summed E-state index contributed by atoms with van der Waals surface area (Å²) in [4.78, 5) is 39.2. The van der Waals surface area contributed by atoms with Gasteiger partial charge in [0.2, 0.25) is 0 Å². The maximum absolute atomic E-state index is 11.9. The van der Waals surface area contributed by atoms with E-state index in [2.05, 4.69) is 4.99 Å². The highest BCUT2D eigenvalue weighted by atomic mass is 32.1. The standard InChI is InChI=1S/C12H9NO2S.C11H14O5/c14-12(15)10-5-1-2-6-11(10)13-8-9-4-3-7-16-9;12-8-3-7(9(13)14)11-4-5(16-10(11)15)1-2-6(8)11/h1-8H,(H,14,15);5-8,12H,1-4H2,(H,13,14). The van der Waals surface area contributed by atoms with Crippen LogP contribution in [0.3, 0.4) is 0 Å². The molecule has 1 aromatic carbocycles. The Morgan fingerprint density at radius 2 is 1.94 bits per heavy atom. The Kier molecular flexibility index (Phi) is 6.12. The smallest absolute Gasteiger partial charge is 0.337 e. The maximum Gasteiger partial charge on any atom is 0.337 e. The molecule has 1 spiro atoms. The fraction of sp³-hybridized carbons (Fsp3) is 0.391. The highest BCUT2D eigenvalue weighted by Crippen LogP contribution is 2.60. The third kappa shape index (κ3) is 3.93. The molecule has 32 heavy (non-hydrogen) atoms. The lowest BCUT2D eigenvalue weighted by atomic mass is 9.65. The first kappa shape index (κ1) is 22.2. The number of esters is 1. The van der Waals surface area contributed by atoms with Gasteiger partial charge in [-0.1, -0.05) is 18.2 Å². The summed E-state index contributed by atoms with van der Waals surface area (Å²) in [7, 11) is 0. The van der Waals surface area contributed by atoms with Crippen molar-refractivity contribution < 1.29 is 34.4 Å². The molecule has 5 unspecified atom stereocenters. The quantitative estimate of drug-likeness (QED) is 0.473. The van der Waals surface area contributed by atoms with E-state index in [1.807, 2.05) is 17.5 Å². The molecule has 1 saturated heterocycles. The number of aromatic carboxylic acids is 1. The van der Waals surface area contributed by atoms with E-state index in [4.69, 9.17) is 9.84 Å². The second-order valence-corrected chi connectivity index (χ2v) is 9.22. The maximum atomic E-state index is 11.9. The Labute approximate surface area is 188 Å². The SMILES string of the molecule is O=C(O)C1CC(O)C2CCC3CC12C(=O)O3.O=C(O)c1ccccc1N=Cc1cccs1. The highest BCUT2D eigenvalue weighted by Gasteiger charge is 2.68. The highest BCUT2D eigenvalue weighted by molar-refractivity contribution is 7.11. The van der Waals surface area contributed by atoms with E-state index in [1.54, 1.807) is 41.8 Å². The van der Waals surface area contributed by atoms with Gasteiger partial charge >= 0.3 is 17.9 Å². The summed E-state index contributed by atoms with van der Waals surface area (Å²) in [5, 5.41) is 30.0. The molecule has 3 aliphatic rings.